The minimum atomic E-state index is -3.52. The topological polar surface area (TPSA) is 87.8 Å². The zero-order valence-electron chi connectivity index (χ0n) is 15.0. The molecule has 1 fully saturated rings. The third-order valence-electron chi connectivity index (χ3n) is 4.24. The second kappa shape index (κ2) is 10.3. The number of likely N-dealkylation sites (tertiary alicyclic amines) is 1. The molecule has 1 aromatic rings. The van der Waals surface area contributed by atoms with Gasteiger partial charge < -0.3 is 10.6 Å². The van der Waals surface area contributed by atoms with Gasteiger partial charge in [0.15, 0.2) is 5.96 Å². The number of guanidine groups is 1. The number of hydrogen-bond donors (Lipinski definition) is 2. The minimum absolute atomic E-state index is 0. The van der Waals surface area contributed by atoms with E-state index in [0.717, 1.165) is 37.1 Å². The largest absolute Gasteiger partial charge is 0.370 e. The van der Waals surface area contributed by atoms with Crippen LogP contribution in [0, 0.1) is 13.8 Å². The summed E-state index contributed by atoms with van der Waals surface area (Å²) >= 11 is 0. The maximum atomic E-state index is 12.4. The van der Waals surface area contributed by atoms with Gasteiger partial charge in [0.05, 0.1) is 11.4 Å². The van der Waals surface area contributed by atoms with E-state index in [1.807, 2.05) is 19.1 Å². The fourth-order valence-electron chi connectivity index (χ4n) is 2.82. The molecular weight excluding hydrogens is 451 g/mol. The number of nitrogens with zero attached hydrogens (tertiary/aromatic N) is 2. The number of halogens is 1. The highest BCUT2D eigenvalue weighted by Gasteiger charge is 2.16. The monoisotopic (exact) mass is 480 g/mol. The summed E-state index contributed by atoms with van der Waals surface area (Å²) in [4.78, 5) is 6.74. The first-order valence-electron chi connectivity index (χ1n) is 8.52. The molecule has 0 saturated carbocycles. The lowest BCUT2D eigenvalue weighted by Gasteiger charge is -2.21. The average Bonchev–Trinajstić information content (AvgIpc) is 2.83. The molecule has 0 spiro atoms. The Morgan fingerprint density at radius 2 is 1.84 bits per heavy atom. The number of aryl methyl sites for hydroxylation is 2. The molecule has 6 nitrogen and oxygen atoms in total. The maximum Gasteiger partial charge on any atom is 0.240 e. The summed E-state index contributed by atoms with van der Waals surface area (Å²) in [7, 11) is -3.52. The van der Waals surface area contributed by atoms with Gasteiger partial charge in [0.25, 0.3) is 0 Å². The van der Waals surface area contributed by atoms with Crippen molar-refractivity contribution in [3.63, 3.8) is 0 Å². The Morgan fingerprint density at radius 3 is 2.48 bits per heavy atom. The van der Waals surface area contributed by atoms with Gasteiger partial charge in [-0.2, -0.15) is 0 Å². The van der Waals surface area contributed by atoms with E-state index >= 15 is 0 Å². The van der Waals surface area contributed by atoms with E-state index in [-0.39, 0.29) is 30.5 Å². The van der Waals surface area contributed by atoms with Crippen molar-refractivity contribution < 1.29 is 8.42 Å². The first kappa shape index (κ1) is 22.2. The van der Waals surface area contributed by atoms with Gasteiger partial charge in [-0.1, -0.05) is 25.0 Å². The first-order chi connectivity index (χ1) is 11.4. The van der Waals surface area contributed by atoms with Crippen LogP contribution >= 0.6 is 24.0 Å². The number of nitrogens with one attached hydrogen (secondary N) is 1. The molecule has 1 saturated heterocycles. The highest BCUT2D eigenvalue weighted by Crippen LogP contribution is 2.16. The van der Waals surface area contributed by atoms with Crippen LogP contribution in [0.4, 0.5) is 0 Å². The number of aliphatic imine (C=N–C) groups is 1. The molecule has 142 valence electrons. The Kier molecular flexibility index (Phi) is 9.15. The Bertz CT molecular complexity index is 684. The predicted molar refractivity (Wildman–Crippen MR) is 113 cm³/mol. The number of rotatable bonds is 5. The highest BCUT2D eigenvalue weighted by atomic mass is 127. The van der Waals surface area contributed by atoms with Crippen LogP contribution in [0.2, 0.25) is 0 Å². The number of hydrogen-bond acceptors (Lipinski definition) is 3. The molecule has 0 aromatic heterocycles. The van der Waals surface area contributed by atoms with Gasteiger partial charge >= 0.3 is 0 Å². The Labute approximate surface area is 168 Å². The molecule has 1 aliphatic heterocycles. The van der Waals surface area contributed by atoms with Gasteiger partial charge in [-0.05, 0) is 43.9 Å². The van der Waals surface area contributed by atoms with E-state index in [2.05, 4.69) is 14.6 Å². The molecule has 3 N–H and O–H groups in total. The number of nitrogens with two attached hydrogens (primary N) is 1. The Balaban J connectivity index is 0.00000312. The predicted octanol–water partition coefficient (Wildman–Crippen LogP) is 2.39. The summed E-state index contributed by atoms with van der Waals surface area (Å²) in [6, 6.07) is 5.41. The summed E-state index contributed by atoms with van der Waals surface area (Å²) in [6.45, 7) is 6.12. The summed E-state index contributed by atoms with van der Waals surface area (Å²) in [6.07, 6.45) is 4.74. The lowest BCUT2D eigenvalue weighted by atomic mass is 10.2. The van der Waals surface area contributed by atoms with Gasteiger partial charge in [-0.15, -0.1) is 24.0 Å². The Hall–Kier alpha value is -0.870. The summed E-state index contributed by atoms with van der Waals surface area (Å²) in [5, 5.41) is 0. The van der Waals surface area contributed by atoms with Crippen molar-refractivity contribution in [1.82, 2.24) is 9.62 Å². The summed E-state index contributed by atoms with van der Waals surface area (Å²) in [5.74, 6) is 0.517. The fraction of sp³-hybridized carbons (Fsp3) is 0.588. The standard InChI is InChI=1S/C17H28N4O2S.HI/c1-14-7-8-15(2)16(13-14)24(22,23)20-10-9-19-17(18)21-11-5-3-4-6-12-21;/h7-8,13,20H,3-6,9-12H2,1-2H3,(H2,18,19);1H. The molecule has 8 heteroatoms. The van der Waals surface area contributed by atoms with E-state index in [4.69, 9.17) is 5.73 Å². The second-order valence-corrected chi connectivity index (χ2v) is 8.04. The van der Waals surface area contributed by atoms with Crippen molar-refractivity contribution in [2.24, 2.45) is 10.7 Å². The van der Waals surface area contributed by atoms with E-state index < -0.39 is 10.0 Å². The van der Waals surface area contributed by atoms with Crippen LogP contribution < -0.4 is 10.5 Å². The molecule has 0 atom stereocenters. The van der Waals surface area contributed by atoms with Crippen molar-refractivity contribution in [3.05, 3.63) is 29.3 Å². The fourth-order valence-corrected chi connectivity index (χ4v) is 4.17. The molecule has 25 heavy (non-hydrogen) atoms. The van der Waals surface area contributed by atoms with Gasteiger partial charge in [-0.25, -0.2) is 13.1 Å². The summed E-state index contributed by atoms with van der Waals surface area (Å²) < 4.78 is 27.4. The van der Waals surface area contributed by atoms with Crippen molar-refractivity contribution >= 4 is 40.0 Å². The SMILES string of the molecule is Cc1ccc(C)c(S(=O)(=O)NCCN=C(N)N2CCCCCC2)c1.I. The first-order valence-corrected chi connectivity index (χ1v) is 10.0. The van der Waals surface area contributed by atoms with Gasteiger partial charge in [0, 0.05) is 19.6 Å². The third kappa shape index (κ3) is 6.74. The molecule has 0 aliphatic carbocycles. The van der Waals surface area contributed by atoms with Crippen LogP contribution in [0.25, 0.3) is 0 Å². The summed E-state index contributed by atoms with van der Waals surface area (Å²) in [5.41, 5.74) is 7.68. The maximum absolute atomic E-state index is 12.4. The lowest BCUT2D eigenvalue weighted by Crippen LogP contribution is -2.38. The number of benzene rings is 1. The molecule has 1 aliphatic rings. The van der Waals surface area contributed by atoms with Crippen molar-refractivity contribution in [1.29, 1.82) is 0 Å². The van der Waals surface area contributed by atoms with Crippen LogP contribution in [-0.4, -0.2) is 45.5 Å². The zero-order chi connectivity index (χ0) is 17.6. The zero-order valence-corrected chi connectivity index (χ0v) is 18.1. The Morgan fingerprint density at radius 1 is 1.20 bits per heavy atom. The van der Waals surface area contributed by atoms with Gasteiger partial charge in [-0.3, -0.25) is 4.99 Å². The number of sulfonamides is 1. The van der Waals surface area contributed by atoms with Crippen LogP contribution in [0.3, 0.4) is 0 Å². The van der Waals surface area contributed by atoms with E-state index in [0.29, 0.717) is 17.4 Å². The molecule has 1 heterocycles. The molecule has 0 bridgehead atoms. The second-order valence-electron chi connectivity index (χ2n) is 6.31. The van der Waals surface area contributed by atoms with Crippen LogP contribution in [0.1, 0.15) is 36.8 Å². The van der Waals surface area contributed by atoms with Gasteiger partial charge in [0.2, 0.25) is 10.0 Å². The molecule has 0 radical (unpaired) electrons. The quantitative estimate of drug-likeness (QED) is 0.293. The van der Waals surface area contributed by atoms with E-state index in [1.165, 1.54) is 12.8 Å². The smallest absolute Gasteiger partial charge is 0.240 e. The van der Waals surface area contributed by atoms with Crippen molar-refractivity contribution in [2.45, 2.75) is 44.4 Å². The minimum Gasteiger partial charge on any atom is -0.370 e. The highest BCUT2D eigenvalue weighted by molar-refractivity contribution is 14.0. The molecule has 1 aromatic carbocycles. The third-order valence-corrected chi connectivity index (χ3v) is 5.84. The normalized spacial score (nSPS) is 16.2. The van der Waals surface area contributed by atoms with Crippen molar-refractivity contribution in [2.75, 3.05) is 26.2 Å². The molecule has 0 unspecified atom stereocenters. The van der Waals surface area contributed by atoms with E-state index in [9.17, 15) is 8.42 Å². The van der Waals surface area contributed by atoms with Crippen LogP contribution in [0.15, 0.2) is 28.1 Å². The van der Waals surface area contributed by atoms with Crippen molar-refractivity contribution in [3.8, 4) is 0 Å². The van der Waals surface area contributed by atoms with E-state index in [1.54, 1.807) is 13.0 Å². The lowest BCUT2D eigenvalue weighted by molar-refractivity contribution is 0.428. The molecule has 2 rings (SSSR count). The molecule has 0 amide bonds. The molecular formula is C17H29IN4O2S. The van der Waals surface area contributed by atoms with Crippen LogP contribution in [0.5, 0.6) is 0 Å². The average molecular weight is 480 g/mol. The van der Waals surface area contributed by atoms with Crippen LogP contribution in [-0.2, 0) is 10.0 Å². The van der Waals surface area contributed by atoms with Gasteiger partial charge in [0.1, 0.15) is 0 Å².